The molecule has 1 rings (SSSR count). The highest BCUT2D eigenvalue weighted by Crippen LogP contribution is 2.15. The predicted octanol–water partition coefficient (Wildman–Crippen LogP) is 2.18. The third-order valence-electron chi connectivity index (χ3n) is 1.69. The summed E-state index contributed by atoms with van der Waals surface area (Å²) in [5.41, 5.74) is 7.17. The van der Waals surface area contributed by atoms with E-state index >= 15 is 0 Å². The summed E-state index contributed by atoms with van der Waals surface area (Å²) >= 11 is 0. The number of anilines is 1. The molecule has 0 spiro atoms. The minimum absolute atomic E-state index is 0.0232. The summed E-state index contributed by atoms with van der Waals surface area (Å²) in [5.74, 6) is 0.0996. The van der Waals surface area contributed by atoms with Gasteiger partial charge in [0.15, 0.2) is 0 Å². The molecular formula is C11H17N3. The van der Waals surface area contributed by atoms with Crippen molar-refractivity contribution in [1.29, 1.82) is 5.41 Å². The molecule has 0 unspecified atom stereocenters. The predicted molar refractivity (Wildman–Crippen MR) is 60.8 cm³/mol. The summed E-state index contributed by atoms with van der Waals surface area (Å²) in [5, 5.41) is 10.6. The Bertz CT molecular complexity index is 337. The zero-order valence-electron chi connectivity index (χ0n) is 8.89. The maximum atomic E-state index is 7.31. The van der Waals surface area contributed by atoms with Crippen LogP contribution in [0.25, 0.3) is 0 Å². The number of nitrogens with two attached hydrogens (primary N) is 1. The van der Waals surface area contributed by atoms with Gasteiger partial charge in [-0.15, -0.1) is 0 Å². The number of rotatable bonds is 2. The van der Waals surface area contributed by atoms with Crippen molar-refractivity contribution in [2.75, 3.05) is 5.32 Å². The molecule has 0 aliphatic carbocycles. The maximum absolute atomic E-state index is 7.31. The van der Waals surface area contributed by atoms with Gasteiger partial charge in [0, 0.05) is 16.8 Å². The van der Waals surface area contributed by atoms with E-state index in [0.29, 0.717) is 0 Å². The van der Waals surface area contributed by atoms with Crippen molar-refractivity contribution in [3.8, 4) is 0 Å². The van der Waals surface area contributed by atoms with Crippen molar-refractivity contribution in [2.45, 2.75) is 26.3 Å². The highest BCUT2D eigenvalue weighted by Gasteiger charge is 2.09. The number of benzene rings is 1. The van der Waals surface area contributed by atoms with Crippen LogP contribution in [0, 0.1) is 5.41 Å². The van der Waals surface area contributed by atoms with Gasteiger partial charge in [0.2, 0.25) is 0 Å². The van der Waals surface area contributed by atoms with E-state index in [-0.39, 0.29) is 11.4 Å². The van der Waals surface area contributed by atoms with Crippen LogP contribution in [0.1, 0.15) is 26.3 Å². The third-order valence-corrected chi connectivity index (χ3v) is 1.69. The fourth-order valence-corrected chi connectivity index (χ4v) is 1.20. The molecule has 0 aliphatic heterocycles. The van der Waals surface area contributed by atoms with E-state index in [4.69, 9.17) is 11.1 Å². The van der Waals surface area contributed by atoms with Crippen LogP contribution in [0.3, 0.4) is 0 Å². The SMILES string of the molecule is CC(C)(C)Nc1cccc(C(=N)N)c1. The van der Waals surface area contributed by atoms with Gasteiger partial charge in [-0.05, 0) is 32.9 Å². The van der Waals surface area contributed by atoms with Crippen molar-refractivity contribution in [1.82, 2.24) is 0 Å². The molecule has 14 heavy (non-hydrogen) atoms. The lowest BCUT2D eigenvalue weighted by atomic mass is 10.1. The van der Waals surface area contributed by atoms with E-state index in [1.165, 1.54) is 0 Å². The molecule has 0 amide bonds. The van der Waals surface area contributed by atoms with Crippen molar-refractivity contribution >= 4 is 11.5 Å². The topological polar surface area (TPSA) is 61.9 Å². The lowest BCUT2D eigenvalue weighted by Gasteiger charge is -2.22. The summed E-state index contributed by atoms with van der Waals surface area (Å²) < 4.78 is 0. The van der Waals surface area contributed by atoms with Crippen LogP contribution < -0.4 is 11.1 Å². The van der Waals surface area contributed by atoms with Gasteiger partial charge in [0.05, 0.1) is 0 Å². The first-order valence-electron chi connectivity index (χ1n) is 4.61. The Morgan fingerprint density at radius 1 is 1.36 bits per heavy atom. The van der Waals surface area contributed by atoms with E-state index in [0.717, 1.165) is 11.3 Å². The maximum Gasteiger partial charge on any atom is 0.122 e. The highest BCUT2D eigenvalue weighted by atomic mass is 14.9. The first-order valence-corrected chi connectivity index (χ1v) is 4.61. The molecule has 4 N–H and O–H groups in total. The van der Waals surface area contributed by atoms with Gasteiger partial charge in [-0.25, -0.2) is 0 Å². The molecule has 0 saturated heterocycles. The van der Waals surface area contributed by atoms with E-state index < -0.39 is 0 Å². The summed E-state index contributed by atoms with van der Waals surface area (Å²) in [6.45, 7) is 6.27. The summed E-state index contributed by atoms with van der Waals surface area (Å²) in [4.78, 5) is 0. The minimum atomic E-state index is 0.0232. The number of hydrogen-bond donors (Lipinski definition) is 3. The Hall–Kier alpha value is -1.51. The molecule has 1 aromatic carbocycles. The van der Waals surface area contributed by atoms with Gasteiger partial charge in [0.25, 0.3) is 0 Å². The molecular weight excluding hydrogens is 174 g/mol. The van der Waals surface area contributed by atoms with Crippen molar-refractivity contribution in [2.24, 2.45) is 5.73 Å². The fourth-order valence-electron chi connectivity index (χ4n) is 1.20. The first kappa shape index (κ1) is 10.6. The number of nitrogen functional groups attached to an aromatic ring is 1. The number of nitrogens with one attached hydrogen (secondary N) is 2. The Labute approximate surface area is 84.8 Å². The summed E-state index contributed by atoms with van der Waals surface area (Å²) in [6.07, 6.45) is 0. The molecule has 0 radical (unpaired) electrons. The molecule has 3 nitrogen and oxygen atoms in total. The van der Waals surface area contributed by atoms with Crippen LogP contribution in [0.4, 0.5) is 5.69 Å². The van der Waals surface area contributed by atoms with Crippen molar-refractivity contribution in [3.05, 3.63) is 29.8 Å². The molecule has 0 saturated carbocycles. The molecule has 0 bridgehead atoms. The molecule has 1 aromatic rings. The van der Waals surface area contributed by atoms with Crippen LogP contribution in [-0.2, 0) is 0 Å². The van der Waals surface area contributed by atoms with Crippen LogP contribution in [0.15, 0.2) is 24.3 Å². The number of hydrogen-bond acceptors (Lipinski definition) is 2. The van der Waals surface area contributed by atoms with E-state index in [1.54, 1.807) is 0 Å². The van der Waals surface area contributed by atoms with E-state index in [1.807, 2.05) is 24.3 Å². The molecule has 3 heteroatoms. The lowest BCUT2D eigenvalue weighted by Crippen LogP contribution is -2.26. The first-order chi connectivity index (χ1) is 6.38. The van der Waals surface area contributed by atoms with Crippen LogP contribution in [-0.4, -0.2) is 11.4 Å². The van der Waals surface area contributed by atoms with E-state index in [2.05, 4.69) is 26.1 Å². The second-order valence-electron chi connectivity index (χ2n) is 4.37. The average Bonchev–Trinajstić information content (AvgIpc) is 2.01. The smallest absolute Gasteiger partial charge is 0.122 e. The van der Waals surface area contributed by atoms with Crippen molar-refractivity contribution in [3.63, 3.8) is 0 Å². The third kappa shape index (κ3) is 3.09. The summed E-state index contributed by atoms with van der Waals surface area (Å²) in [6, 6.07) is 7.58. The Morgan fingerprint density at radius 2 is 2.00 bits per heavy atom. The average molecular weight is 191 g/mol. The summed E-state index contributed by atoms with van der Waals surface area (Å²) in [7, 11) is 0. The van der Waals surface area contributed by atoms with Gasteiger partial charge in [-0.1, -0.05) is 12.1 Å². The number of amidine groups is 1. The second-order valence-corrected chi connectivity index (χ2v) is 4.37. The van der Waals surface area contributed by atoms with Crippen LogP contribution in [0.2, 0.25) is 0 Å². The zero-order chi connectivity index (χ0) is 10.8. The van der Waals surface area contributed by atoms with Gasteiger partial charge in [0.1, 0.15) is 5.84 Å². The Kier molecular flexibility index (Phi) is 2.79. The highest BCUT2D eigenvalue weighted by molar-refractivity contribution is 5.95. The second kappa shape index (κ2) is 3.70. The fraction of sp³-hybridized carbons (Fsp3) is 0.364. The molecule has 0 fully saturated rings. The van der Waals surface area contributed by atoms with Crippen LogP contribution in [0.5, 0.6) is 0 Å². The lowest BCUT2D eigenvalue weighted by molar-refractivity contribution is 0.634. The van der Waals surface area contributed by atoms with E-state index in [9.17, 15) is 0 Å². The zero-order valence-corrected chi connectivity index (χ0v) is 8.89. The van der Waals surface area contributed by atoms with Gasteiger partial charge >= 0.3 is 0 Å². The minimum Gasteiger partial charge on any atom is -0.384 e. The van der Waals surface area contributed by atoms with Gasteiger partial charge in [-0.3, -0.25) is 5.41 Å². The largest absolute Gasteiger partial charge is 0.384 e. The standard InChI is InChI=1S/C11H17N3/c1-11(2,3)14-9-6-4-5-8(7-9)10(12)13/h4-7,14H,1-3H3,(H3,12,13). The Balaban J connectivity index is 2.89. The van der Waals surface area contributed by atoms with Crippen LogP contribution >= 0.6 is 0 Å². The molecule has 76 valence electrons. The van der Waals surface area contributed by atoms with Gasteiger partial charge in [-0.2, -0.15) is 0 Å². The Morgan fingerprint density at radius 3 is 2.50 bits per heavy atom. The quantitative estimate of drug-likeness (QED) is 0.495. The molecule has 0 heterocycles. The molecule has 0 aliphatic rings. The normalized spacial score (nSPS) is 11.1. The van der Waals surface area contributed by atoms with Crippen molar-refractivity contribution < 1.29 is 0 Å². The molecule has 0 aromatic heterocycles. The van der Waals surface area contributed by atoms with Gasteiger partial charge < -0.3 is 11.1 Å². The molecule has 0 atom stereocenters. The monoisotopic (exact) mass is 191 g/mol.